The van der Waals surface area contributed by atoms with Crippen LogP contribution in [-0.2, 0) is 25.8 Å². The molecule has 150 valence electrons. The number of rotatable bonds is 5. The molecule has 1 aliphatic heterocycles. The topological polar surface area (TPSA) is 70.2 Å². The van der Waals surface area contributed by atoms with Crippen LogP contribution in [0.5, 0.6) is 0 Å². The zero-order valence-corrected chi connectivity index (χ0v) is 17.9. The van der Waals surface area contributed by atoms with Gasteiger partial charge in [0.25, 0.3) is 0 Å². The summed E-state index contributed by atoms with van der Waals surface area (Å²) in [6, 6.07) is 9.81. The number of hydrogen-bond donors (Lipinski definition) is 1. The van der Waals surface area contributed by atoms with E-state index < -0.39 is 0 Å². The van der Waals surface area contributed by atoms with Crippen LogP contribution in [0.25, 0.3) is 11.3 Å². The van der Waals surface area contributed by atoms with Crippen LogP contribution >= 0.6 is 22.9 Å². The van der Waals surface area contributed by atoms with E-state index >= 15 is 0 Å². The molecule has 1 aliphatic rings. The molecule has 0 saturated heterocycles. The van der Waals surface area contributed by atoms with Crippen molar-refractivity contribution in [2.45, 2.75) is 32.7 Å². The van der Waals surface area contributed by atoms with Gasteiger partial charge in [0, 0.05) is 47.1 Å². The second kappa shape index (κ2) is 8.47. The lowest BCUT2D eigenvalue weighted by molar-refractivity contribution is 0.417. The number of benzene rings is 1. The molecule has 3 heterocycles. The van der Waals surface area contributed by atoms with Crippen LogP contribution in [-0.4, -0.2) is 45.3 Å². The predicted octanol–water partition coefficient (Wildman–Crippen LogP) is 4.63. The number of thiazole rings is 1. The maximum Gasteiger partial charge on any atom is 0.208 e. The zero-order valence-electron chi connectivity index (χ0n) is 16.4. The monoisotopic (exact) mass is 426 g/mol. The number of nitrogens with zero attached hydrogens (tertiary/aromatic N) is 5. The molecule has 8 heteroatoms. The van der Waals surface area contributed by atoms with Crippen LogP contribution in [0.2, 0.25) is 5.02 Å². The van der Waals surface area contributed by atoms with E-state index in [0.717, 1.165) is 60.1 Å². The minimum Gasteiger partial charge on any atom is -0.358 e. The van der Waals surface area contributed by atoms with Gasteiger partial charge in [-0.1, -0.05) is 42.0 Å². The first-order valence-electron chi connectivity index (χ1n) is 9.67. The predicted molar refractivity (Wildman–Crippen MR) is 120 cm³/mol. The molecule has 0 amide bonds. The maximum absolute atomic E-state index is 8.67. The number of hydrogen-bond acceptors (Lipinski definition) is 5. The number of aryl methyl sites for hydroxylation is 1. The van der Waals surface area contributed by atoms with Gasteiger partial charge >= 0.3 is 0 Å². The van der Waals surface area contributed by atoms with E-state index in [0.29, 0.717) is 17.4 Å². The van der Waals surface area contributed by atoms with E-state index in [9.17, 15) is 0 Å². The molecule has 2 aromatic heterocycles. The van der Waals surface area contributed by atoms with Gasteiger partial charge in [0.05, 0.1) is 17.9 Å². The molecular weight excluding hydrogens is 404 g/mol. The molecule has 1 N–H and O–H groups in total. The summed E-state index contributed by atoms with van der Waals surface area (Å²) in [5.74, 6) is 0.581. The molecule has 0 fully saturated rings. The summed E-state index contributed by atoms with van der Waals surface area (Å²) in [5.41, 5.74) is 4.10. The third-order valence-electron chi connectivity index (χ3n) is 5.16. The molecule has 0 spiro atoms. The van der Waals surface area contributed by atoms with Crippen LogP contribution < -0.4 is 0 Å². The quantitative estimate of drug-likeness (QED) is 0.477. The molecule has 3 aromatic rings. The van der Waals surface area contributed by atoms with Crippen molar-refractivity contribution in [2.75, 3.05) is 13.1 Å². The van der Waals surface area contributed by atoms with E-state index in [-0.39, 0.29) is 0 Å². The van der Waals surface area contributed by atoms with E-state index in [1.54, 1.807) is 11.3 Å². The van der Waals surface area contributed by atoms with Gasteiger partial charge in [0.1, 0.15) is 5.84 Å². The second-order valence-corrected chi connectivity index (χ2v) is 8.50. The maximum atomic E-state index is 8.67. The second-order valence-electron chi connectivity index (χ2n) is 7.00. The Bertz CT molecular complexity index is 1030. The Balaban J connectivity index is 1.48. The number of halogens is 1. The van der Waals surface area contributed by atoms with Gasteiger partial charge in [0.15, 0.2) is 0 Å². The fourth-order valence-electron chi connectivity index (χ4n) is 3.59. The fraction of sp³-hybridized carbons (Fsp3) is 0.333. The van der Waals surface area contributed by atoms with Gasteiger partial charge < -0.3 is 4.90 Å². The normalized spacial score (nSPS) is 13.8. The van der Waals surface area contributed by atoms with Gasteiger partial charge in [-0.3, -0.25) is 10.1 Å². The van der Waals surface area contributed by atoms with Gasteiger partial charge in [-0.05, 0) is 31.3 Å². The highest BCUT2D eigenvalue weighted by atomic mass is 35.5. The summed E-state index contributed by atoms with van der Waals surface area (Å²) in [6.07, 6.45) is 2.58. The molecule has 0 radical (unpaired) electrons. The van der Waals surface area contributed by atoms with Crippen LogP contribution in [0.3, 0.4) is 0 Å². The molecular formula is C21H23ClN6S. The first-order valence-corrected chi connectivity index (χ1v) is 10.9. The van der Waals surface area contributed by atoms with Gasteiger partial charge in [-0.25, -0.2) is 9.98 Å². The average Bonchev–Trinajstić information content (AvgIpc) is 3.26. The summed E-state index contributed by atoms with van der Waals surface area (Å²) in [4.78, 5) is 11.9. The summed E-state index contributed by atoms with van der Waals surface area (Å²) >= 11 is 7.74. The number of nitrogens with one attached hydrogen (secondary N) is 1. The molecule has 4 rings (SSSR count). The fourth-order valence-corrected chi connectivity index (χ4v) is 4.68. The third kappa shape index (κ3) is 4.26. The van der Waals surface area contributed by atoms with Crippen molar-refractivity contribution in [1.29, 1.82) is 5.41 Å². The lowest BCUT2D eigenvalue weighted by Crippen LogP contribution is -2.36. The highest BCUT2D eigenvalue weighted by Crippen LogP contribution is 2.28. The molecule has 1 aromatic carbocycles. The Morgan fingerprint density at radius 2 is 2.14 bits per heavy atom. The van der Waals surface area contributed by atoms with Crippen molar-refractivity contribution >= 4 is 40.6 Å². The van der Waals surface area contributed by atoms with Crippen LogP contribution in [0.4, 0.5) is 5.13 Å². The third-order valence-corrected chi connectivity index (χ3v) is 6.48. The first-order chi connectivity index (χ1) is 14.1. The summed E-state index contributed by atoms with van der Waals surface area (Å²) in [7, 11) is 0. The standard InChI is InChI=1S/C21H23ClN6S/c1-3-16-12-18(14-5-4-6-15(22)11-14)26-28(16)13-20(23)27-9-7-17-19(8-10-27)29-21(24-2)25-17/h4-6,11-12,23H,2-3,7-10,13H2,1H3. The lowest BCUT2D eigenvalue weighted by Gasteiger charge is -2.23. The Hall–Kier alpha value is -2.51. The SMILES string of the molecule is C=Nc1nc2c(s1)CCN(C(=N)Cn1nc(-c3cccc(Cl)c3)cc1CC)CC2. The molecule has 29 heavy (non-hydrogen) atoms. The number of aromatic nitrogens is 3. The number of aliphatic imine (C=N–C) groups is 1. The Morgan fingerprint density at radius 1 is 1.31 bits per heavy atom. The molecule has 0 aliphatic carbocycles. The summed E-state index contributed by atoms with van der Waals surface area (Å²) in [6.45, 7) is 7.74. The van der Waals surface area contributed by atoms with Crippen molar-refractivity contribution in [3.8, 4) is 11.3 Å². The highest BCUT2D eigenvalue weighted by molar-refractivity contribution is 7.15. The van der Waals surface area contributed by atoms with Gasteiger partial charge in [0.2, 0.25) is 5.13 Å². The Morgan fingerprint density at radius 3 is 2.90 bits per heavy atom. The molecule has 0 atom stereocenters. The smallest absolute Gasteiger partial charge is 0.208 e. The Labute approximate surface area is 179 Å². The van der Waals surface area contributed by atoms with Crippen LogP contribution in [0.1, 0.15) is 23.2 Å². The van der Waals surface area contributed by atoms with Gasteiger partial charge in [-0.2, -0.15) is 5.10 Å². The van der Waals surface area contributed by atoms with E-state index in [1.807, 2.05) is 28.9 Å². The van der Waals surface area contributed by atoms with Crippen molar-refractivity contribution in [1.82, 2.24) is 19.7 Å². The molecule has 0 saturated carbocycles. The summed E-state index contributed by atoms with van der Waals surface area (Å²) < 4.78 is 1.94. The van der Waals surface area contributed by atoms with E-state index in [2.05, 4.69) is 34.6 Å². The highest BCUT2D eigenvalue weighted by Gasteiger charge is 2.21. The molecule has 6 nitrogen and oxygen atoms in total. The van der Waals surface area contributed by atoms with Crippen LogP contribution in [0, 0.1) is 5.41 Å². The zero-order chi connectivity index (χ0) is 20.4. The van der Waals surface area contributed by atoms with Crippen molar-refractivity contribution in [3.63, 3.8) is 0 Å². The van der Waals surface area contributed by atoms with E-state index in [1.165, 1.54) is 4.88 Å². The average molecular weight is 427 g/mol. The minimum absolute atomic E-state index is 0.463. The number of fused-ring (bicyclic) bond motifs is 1. The van der Waals surface area contributed by atoms with E-state index in [4.69, 9.17) is 22.1 Å². The molecule has 0 bridgehead atoms. The van der Waals surface area contributed by atoms with Crippen molar-refractivity contribution < 1.29 is 0 Å². The largest absolute Gasteiger partial charge is 0.358 e. The molecule has 0 unspecified atom stereocenters. The first kappa shape index (κ1) is 19.8. The minimum atomic E-state index is 0.463. The van der Waals surface area contributed by atoms with Crippen molar-refractivity contribution in [3.05, 3.63) is 51.6 Å². The van der Waals surface area contributed by atoms with Crippen molar-refractivity contribution in [2.24, 2.45) is 4.99 Å². The number of amidine groups is 1. The lowest BCUT2D eigenvalue weighted by atomic mass is 10.1. The van der Waals surface area contributed by atoms with Gasteiger partial charge in [-0.15, -0.1) is 0 Å². The Kier molecular flexibility index (Phi) is 5.78. The summed E-state index contributed by atoms with van der Waals surface area (Å²) in [5, 5.41) is 14.9. The van der Waals surface area contributed by atoms with Crippen LogP contribution in [0.15, 0.2) is 35.3 Å².